The van der Waals surface area contributed by atoms with Gasteiger partial charge in [0.05, 0.1) is 11.8 Å². The molecule has 2 aromatic heterocycles. The highest BCUT2D eigenvalue weighted by Crippen LogP contribution is 2.37. The van der Waals surface area contributed by atoms with E-state index < -0.39 is 0 Å². The molecule has 0 aromatic carbocycles. The highest BCUT2D eigenvalue weighted by molar-refractivity contribution is 5.60. The molecule has 0 spiro atoms. The number of rotatable bonds is 3. The predicted octanol–water partition coefficient (Wildman–Crippen LogP) is 3.52. The molecule has 3 rings (SSSR count). The molecule has 0 radical (unpaired) electrons. The maximum Gasteiger partial charge on any atom is 0.261 e. The van der Waals surface area contributed by atoms with Gasteiger partial charge >= 0.3 is 0 Å². The Bertz CT molecular complexity index is 582. The van der Waals surface area contributed by atoms with Gasteiger partial charge in [0.1, 0.15) is 5.75 Å². The lowest BCUT2D eigenvalue weighted by atomic mass is 9.80. The monoisotopic (exact) mass is 273 g/mol. The van der Waals surface area contributed by atoms with E-state index in [4.69, 9.17) is 4.52 Å². The average molecular weight is 273 g/mol. The highest BCUT2D eigenvalue weighted by Gasteiger charge is 2.26. The third-order valence-corrected chi connectivity index (χ3v) is 4.20. The van der Waals surface area contributed by atoms with Crippen LogP contribution in [0.3, 0.4) is 0 Å². The first kappa shape index (κ1) is 13.1. The van der Waals surface area contributed by atoms with E-state index >= 15 is 0 Å². The van der Waals surface area contributed by atoms with Gasteiger partial charge in [-0.25, -0.2) is 0 Å². The Morgan fingerprint density at radius 3 is 3.10 bits per heavy atom. The molecular weight excluding hydrogens is 254 g/mol. The van der Waals surface area contributed by atoms with Crippen LogP contribution in [0.2, 0.25) is 0 Å². The Labute approximate surface area is 118 Å². The lowest BCUT2D eigenvalue weighted by molar-refractivity contribution is 0.300. The van der Waals surface area contributed by atoms with E-state index in [-0.39, 0.29) is 5.75 Å². The third-order valence-electron chi connectivity index (χ3n) is 4.20. The molecule has 2 heterocycles. The van der Waals surface area contributed by atoms with Crippen molar-refractivity contribution in [3.8, 4) is 17.2 Å². The molecule has 1 aliphatic carbocycles. The van der Waals surface area contributed by atoms with E-state index in [9.17, 15) is 5.11 Å². The van der Waals surface area contributed by atoms with Crippen LogP contribution in [0.1, 0.15) is 50.8 Å². The standard InChI is InChI=1S/C15H19N3O2/c1-2-10-4-3-5-11(8-10)14-17-15(20-18-14)12-6-7-16-9-13(12)19/h6-7,9-11,19H,2-5,8H2,1H3. The molecule has 106 valence electrons. The van der Waals surface area contributed by atoms with Gasteiger partial charge in [0.25, 0.3) is 5.89 Å². The van der Waals surface area contributed by atoms with Gasteiger partial charge in [-0.05, 0) is 24.8 Å². The number of aromatic nitrogens is 3. The fourth-order valence-electron chi connectivity index (χ4n) is 2.97. The molecule has 1 saturated carbocycles. The Kier molecular flexibility index (Phi) is 3.67. The lowest BCUT2D eigenvalue weighted by Crippen LogP contribution is -2.14. The van der Waals surface area contributed by atoms with Crippen molar-refractivity contribution in [2.75, 3.05) is 0 Å². The highest BCUT2D eigenvalue weighted by atomic mass is 16.5. The lowest BCUT2D eigenvalue weighted by Gasteiger charge is -2.26. The molecule has 0 amide bonds. The first-order chi connectivity index (χ1) is 9.78. The van der Waals surface area contributed by atoms with Gasteiger partial charge in [-0.1, -0.05) is 31.3 Å². The summed E-state index contributed by atoms with van der Waals surface area (Å²) in [6.45, 7) is 2.24. The summed E-state index contributed by atoms with van der Waals surface area (Å²) in [4.78, 5) is 8.32. The van der Waals surface area contributed by atoms with Crippen molar-refractivity contribution in [1.82, 2.24) is 15.1 Å². The molecule has 20 heavy (non-hydrogen) atoms. The van der Waals surface area contributed by atoms with Crippen LogP contribution in [0.25, 0.3) is 11.5 Å². The molecule has 5 heteroatoms. The minimum atomic E-state index is 0.0674. The zero-order chi connectivity index (χ0) is 13.9. The van der Waals surface area contributed by atoms with Crippen molar-refractivity contribution >= 4 is 0 Å². The SMILES string of the molecule is CCC1CCCC(c2noc(-c3ccncc3O)n2)C1. The summed E-state index contributed by atoms with van der Waals surface area (Å²) in [5.41, 5.74) is 0.543. The summed E-state index contributed by atoms with van der Waals surface area (Å²) >= 11 is 0. The molecule has 0 aliphatic heterocycles. The van der Waals surface area contributed by atoms with Crippen molar-refractivity contribution in [2.45, 2.75) is 44.9 Å². The van der Waals surface area contributed by atoms with Crippen LogP contribution in [0.5, 0.6) is 5.75 Å². The Balaban J connectivity index is 1.82. The molecule has 5 nitrogen and oxygen atoms in total. The molecule has 2 unspecified atom stereocenters. The van der Waals surface area contributed by atoms with Gasteiger partial charge in [0.2, 0.25) is 0 Å². The third kappa shape index (κ3) is 2.53. The number of hydrogen-bond acceptors (Lipinski definition) is 5. The predicted molar refractivity (Wildman–Crippen MR) is 74.2 cm³/mol. The molecule has 1 N–H and O–H groups in total. The Morgan fingerprint density at radius 1 is 1.40 bits per heavy atom. The number of hydrogen-bond donors (Lipinski definition) is 1. The van der Waals surface area contributed by atoms with Crippen molar-refractivity contribution in [3.63, 3.8) is 0 Å². The number of pyridine rings is 1. The van der Waals surface area contributed by atoms with Crippen molar-refractivity contribution < 1.29 is 9.63 Å². The van der Waals surface area contributed by atoms with Crippen molar-refractivity contribution in [3.05, 3.63) is 24.3 Å². The van der Waals surface area contributed by atoms with E-state index in [1.54, 1.807) is 12.3 Å². The molecule has 0 bridgehead atoms. The van der Waals surface area contributed by atoms with Crippen LogP contribution in [-0.4, -0.2) is 20.2 Å². The van der Waals surface area contributed by atoms with Gasteiger partial charge in [-0.3, -0.25) is 4.98 Å². The van der Waals surface area contributed by atoms with Crippen molar-refractivity contribution in [2.24, 2.45) is 5.92 Å². The summed E-state index contributed by atoms with van der Waals surface area (Å²) < 4.78 is 5.30. The number of aromatic hydroxyl groups is 1. The summed E-state index contributed by atoms with van der Waals surface area (Å²) in [5.74, 6) is 2.37. The van der Waals surface area contributed by atoms with Gasteiger partial charge in [0, 0.05) is 12.1 Å². The second-order valence-corrected chi connectivity index (χ2v) is 5.49. The van der Waals surface area contributed by atoms with Crippen LogP contribution in [0, 0.1) is 5.92 Å². The zero-order valence-corrected chi connectivity index (χ0v) is 11.6. The first-order valence-corrected chi connectivity index (χ1v) is 7.25. The maximum atomic E-state index is 9.77. The van der Waals surface area contributed by atoms with E-state index in [1.807, 2.05) is 0 Å². The fourth-order valence-corrected chi connectivity index (χ4v) is 2.97. The topological polar surface area (TPSA) is 72.0 Å². The Morgan fingerprint density at radius 2 is 2.30 bits per heavy atom. The fraction of sp³-hybridized carbons (Fsp3) is 0.533. The van der Waals surface area contributed by atoms with E-state index in [0.717, 1.165) is 24.6 Å². The summed E-state index contributed by atoms with van der Waals surface area (Å²) in [5, 5.41) is 13.9. The summed E-state index contributed by atoms with van der Waals surface area (Å²) in [6.07, 6.45) is 9.00. The van der Waals surface area contributed by atoms with E-state index in [2.05, 4.69) is 22.0 Å². The second kappa shape index (κ2) is 5.61. The molecule has 0 saturated heterocycles. The molecule has 1 aliphatic rings. The largest absolute Gasteiger partial charge is 0.505 e. The van der Waals surface area contributed by atoms with E-state index in [1.165, 1.54) is 25.5 Å². The minimum Gasteiger partial charge on any atom is -0.505 e. The van der Waals surface area contributed by atoms with Gasteiger partial charge in [-0.2, -0.15) is 4.98 Å². The zero-order valence-electron chi connectivity index (χ0n) is 11.6. The molecule has 1 fully saturated rings. The average Bonchev–Trinajstić information content (AvgIpc) is 2.97. The quantitative estimate of drug-likeness (QED) is 0.926. The van der Waals surface area contributed by atoms with Gasteiger partial charge in [0.15, 0.2) is 5.82 Å². The van der Waals surface area contributed by atoms with Crippen LogP contribution < -0.4 is 0 Å². The summed E-state index contributed by atoms with van der Waals surface area (Å²) in [7, 11) is 0. The van der Waals surface area contributed by atoms with Gasteiger partial charge < -0.3 is 9.63 Å². The van der Waals surface area contributed by atoms with Gasteiger partial charge in [-0.15, -0.1) is 0 Å². The molecule has 2 aromatic rings. The van der Waals surface area contributed by atoms with Crippen LogP contribution >= 0.6 is 0 Å². The van der Waals surface area contributed by atoms with Crippen molar-refractivity contribution in [1.29, 1.82) is 0 Å². The Hall–Kier alpha value is -1.91. The van der Waals surface area contributed by atoms with Crippen LogP contribution in [0.4, 0.5) is 0 Å². The minimum absolute atomic E-state index is 0.0674. The smallest absolute Gasteiger partial charge is 0.261 e. The first-order valence-electron chi connectivity index (χ1n) is 7.25. The van der Waals surface area contributed by atoms with E-state index in [0.29, 0.717) is 17.4 Å². The second-order valence-electron chi connectivity index (χ2n) is 5.49. The molecule has 2 atom stereocenters. The normalized spacial score (nSPS) is 22.9. The van der Waals surface area contributed by atoms with Crippen LogP contribution in [0.15, 0.2) is 23.0 Å². The summed E-state index contributed by atoms with van der Waals surface area (Å²) in [6, 6.07) is 1.68. The number of nitrogens with zero attached hydrogens (tertiary/aromatic N) is 3. The molecular formula is C15H19N3O2. The maximum absolute atomic E-state index is 9.77. The van der Waals surface area contributed by atoms with Crippen LogP contribution in [-0.2, 0) is 0 Å².